The molecule has 1 rings (SSSR count). The number of aromatic nitrogens is 2. The van der Waals surface area contributed by atoms with Crippen LogP contribution in [0.4, 0.5) is 0 Å². The van der Waals surface area contributed by atoms with Gasteiger partial charge in [0.05, 0.1) is 6.10 Å². The van der Waals surface area contributed by atoms with Gasteiger partial charge in [-0.3, -0.25) is 4.79 Å². The molecule has 1 aromatic rings. The van der Waals surface area contributed by atoms with Gasteiger partial charge in [-0.15, -0.1) is 0 Å². The summed E-state index contributed by atoms with van der Waals surface area (Å²) >= 11 is 0. The van der Waals surface area contributed by atoms with E-state index in [1.54, 1.807) is 13.8 Å². The van der Waals surface area contributed by atoms with Crippen molar-refractivity contribution in [2.24, 2.45) is 0 Å². The summed E-state index contributed by atoms with van der Waals surface area (Å²) in [5, 5.41) is 14.7. The van der Waals surface area contributed by atoms with E-state index in [0.29, 0.717) is 5.89 Å². The van der Waals surface area contributed by atoms with E-state index in [9.17, 15) is 4.79 Å². The molecular formula is C7H11N3O3. The lowest BCUT2D eigenvalue weighted by molar-refractivity contribution is 0.0910. The third-order valence-electron chi connectivity index (χ3n) is 1.29. The lowest BCUT2D eigenvalue weighted by Crippen LogP contribution is -2.31. The Kier molecular flexibility index (Phi) is 2.97. The fraction of sp³-hybridized carbons (Fsp3) is 0.571. The van der Waals surface area contributed by atoms with Gasteiger partial charge in [0.2, 0.25) is 5.89 Å². The van der Waals surface area contributed by atoms with E-state index in [0.717, 1.165) is 0 Å². The Balaban J connectivity index is 2.49. The minimum Gasteiger partial charge on any atom is -0.392 e. The number of aryl methyl sites for hydroxylation is 1. The summed E-state index contributed by atoms with van der Waals surface area (Å²) in [5.41, 5.74) is 0. The molecule has 2 N–H and O–H groups in total. The molecule has 6 nitrogen and oxygen atoms in total. The van der Waals surface area contributed by atoms with Crippen molar-refractivity contribution >= 4 is 5.91 Å². The Labute approximate surface area is 74.9 Å². The van der Waals surface area contributed by atoms with E-state index in [1.807, 2.05) is 0 Å². The number of rotatable bonds is 3. The molecule has 0 aliphatic rings. The van der Waals surface area contributed by atoms with Crippen molar-refractivity contribution in [1.82, 2.24) is 15.5 Å². The molecule has 0 saturated carbocycles. The maximum Gasteiger partial charge on any atom is 0.292 e. The molecule has 1 atom stereocenters. The molecule has 1 heterocycles. The van der Waals surface area contributed by atoms with E-state index in [1.165, 1.54) is 0 Å². The first-order valence-corrected chi connectivity index (χ1v) is 3.86. The van der Waals surface area contributed by atoms with Crippen LogP contribution in [0.1, 0.15) is 23.4 Å². The Morgan fingerprint density at radius 2 is 2.46 bits per heavy atom. The van der Waals surface area contributed by atoms with Gasteiger partial charge in [0, 0.05) is 13.5 Å². The Morgan fingerprint density at radius 1 is 1.77 bits per heavy atom. The van der Waals surface area contributed by atoms with Crippen molar-refractivity contribution in [3.8, 4) is 0 Å². The first kappa shape index (κ1) is 9.66. The number of amides is 1. The number of carbonyl (C=O) groups is 1. The van der Waals surface area contributed by atoms with Crippen molar-refractivity contribution in [1.29, 1.82) is 0 Å². The van der Waals surface area contributed by atoms with Crippen molar-refractivity contribution in [2.45, 2.75) is 20.0 Å². The van der Waals surface area contributed by atoms with Gasteiger partial charge in [-0.1, -0.05) is 5.16 Å². The normalized spacial score (nSPS) is 12.5. The Morgan fingerprint density at radius 3 is 2.92 bits per heavy atom. The summed E-state index contributed by atoms with van der Waals surface area (Å²) in [5.74, 6) is -0.127. The summed E-state index contributed by atoms with van der Waals surface area (Å²) in [6.45, 7) is 3.34. The number of nitrogens with one attached hydrogen (secondary N) is 1. The first-order valence-electron chi connectivity index (χ1n) is 3.86. The van der Waals surface area contributed by atoms with Crippen LogP contribution in [0.5, 0.6) is 0 Å². The molecule has 0 bridgehead atoms. The fourth-order valence-corrected chi connectivity index (χ4v) is 0.711. The summed E-state index contributed by atoms with van der Waals surface area (Å²) in [7, 11) is 0. The van der Waals surface area contributed by atoms with Gasteiger partial charge in [0.1, 0.15) is 0 Å². The zero-order chi connectivity index (χ0) is 9.84. The minimum absolute atomic E-state index is 0.0156. The maximum absolute atomic E-state index is 11.2. The SMILES string of the molecule is Cc1nc(C(=O)NC[C@@H](C)O)no1. The highest BCUT2D eigenvalue weighted by atomic mass is 16.5. The molecule has 0 fully saturated rings. The van der Waals surface area contributed by atoms with E-state index in [2.05, 4.69) is 20.0 Å². The number of hydrogen-bond acceptors (Lipinski definition) is 5. The number of hydrogen-bond donors (Lipinski definition) is 2. The molecule has 0 aliphatic heterocycles. The highest BCUT2D eigenvalue weighted by Gasteiger charge is 2.12. The average molecular weight is 185 g/mol. The summed E-state index contributed by atoms with van der Waals surface area (Å²) in [4.78, 5) is 14.9. The molecule has 0 aromatic carbocycles. The van der Waals surface area contributed by atoms with E-state index in [-0.39, 0.29) is 12.4 Å². The molecule has 6 heteroatoms. The van der Waals surface area contributed by atoms with Gasteiger partial charge in [-0.25, -0.2) is 0 Å². The molecule has 1 aromatic heterocycles. The second-order valence-corrected chi connectivity index (χ2v) is 2.70. The predicted octanol–water partition coefficient (Wildman–Crippen LogP) is -0.511. The summed E-state index contributed by atoms with van der Waals surface area (Å²) in [6.07, 6.45) is -0.586. The van der Waals surface area contributed by atoms with Gasteiger partial charge in [-0.2, -0.15) is 4.98 Å². The van der Waals surface area contributed by atoms with Crippen LogP contribution in [0.3, 0.4) is 0 Å². The Bertz CT molecular complexity index is 295. The van der Waals surface area contributed by atoms with Gasteiger partial charge < -0.3 is 14.9 Å². The number of aliphatic hydroxyl groups is 1. The lowest BCUT2D eigenvalue weighted by atomic mass is 10.4. The van der Waals surface area contributed by atoms with Crippen LogP contribution in [0.15, 0.2) is 4.52 Å². The van der Waals surface area contributed by atoms with E-state index < -0.39 is 12.0 Å². The number of carbonyl (C=O) groups excluding carboxylic acids is 1. The smallest absolute Gasteiger partial charge is 0.292 e. The molecule has 0 unspecified atom stereocenters. The molecule has 72 valence electrons. The van der Waals surface area contributed by atoms with Crippen molar-refractivity contribution in [3.63, 3.8) is 0 Å². The molecule has 0 spiro atoms. The van der Waals surface area contributed by atoms with Crippen LogP contribution in [-0.2, 0) is 0 Å². The third kappa shape index (κ3) is 2.83. The highest BCUT2D eigenvalue weighted by Crippen LogP contribution is 1.94. The number of aliphatic hydroxyl groups excluding tert-OH is 1. The van der Waals surface area contributed by atoms with Crippen LogP contribution < -0.4 is 5.32 Å². The van der Waals surface area contributed by atoms with Crippen LogP contribution in [-0.4, -0.2) is 33.8 Å². The first-order chi connectivity index (χ1) is 6.09. The van der Waals surface area contributed by atoms with Gasteiger partial charge in [-0.05, 0) is 6.92 Å². The fourth-order valence-electron chi connectivity index (χ4n) is 0.711. The van der Waals surface area contributed by atoms with Crippen molar-refractivity contribution < 1.29 is 14.4 Å². The monoisotopic (exact) mass is 185 g/mol. The lowest BCUT2D eigenvalue weighted by Gasteiger charge is -2.03. The Hall–Kier alpha value is -1.43. The molecular weight excluding hydrogens is 174 g/mol. The highest BCUT2D eigenvalue weighted by molar-refractivity contribution is 5.90. The summed E-state index contributed by atoms with van der Waals surface area (Å²) in [6, 6.07) is 0. The van der Waals surface area contributed by atoms with Crippen LogP contribution in [0, 0.1) is 6.92 Å². The van der Waals surface area contributed by atoms with Gasteiger partial charge >= 0.3 is 0 Å². The van der Waals surface area contributed by atoms with Crippen LogP contribution in [0.25, 0.3) is 0 Å². The quantitative estimate of drug-likeness (QED) is 0.662. The average Bonchev–Trinajstić information content (AvgIpc) is 2.47. The molecule has 13 heavy (non-hydrogen) atoms. The summed E-state index contributed by atoms with van der Waals surface area (Å²) < 4.78 is 4.61. The molecule has 0 saturated heterocycles. The predicted molar refractivity (Wildman–Crippen MR) is 43.0 cm³/mol. The standard InChI is InChI=1S/C7H11N3O3/c1-4(11)3-8-7(12)6-9-5(2)13-10-6/h4,11H,3H2,1-2H3,(H,8,12)/t4-/m1/s1. The van der Waals surface area contributed by atoms with Gasteiger partial charge in [0.25, 0.3) is 11.7 Å². The zero-order valence-corrected chi connectivity index (χ0v) is 7.44. The molecule has 0 aliphatic carbocycles. The third-order valence-corrected chi connectivity index (χ3v) is 1.29. The minimum atomic E-state index is -0.586. The number of nitrogens with zero attached hydrogens (tertiary/aromatic N) is 2. The maximum atomic E-state index is 11.2. The van der Waals surface area contributed by atoms with Crippen molar-refractivity contribution in [3.05, 3.63) is 11.7 Å². The second kappa shape index (κ2) is 3.99. The molecule has 1 amide bonds. The second-order valence-electron chi connectivity index (χ2n) is 2.70. The topological polar surface area (TPSA) is 88.2 Å². The van der Waals surface area contributed by atoms with Crippen molar-refractivity contribution in [2.75, 3.05) is 6.54 Å². The van der Waals surface area contributed by atoms with Crippen LogP contribution >= 0.6 is 0 Å². The van der Waals surface area contributed by atoms with E-state index >= 15 is 0 Å². The molecule has 0 radical (unpaired) electrons. The van der Waals surface area contributed by atoms with E-state index in [4.69, 9.17) is 5.11 Å². The van der Waals surface area contributed by atoms with Crippen LogP contribution in [0.2, 0.25) is 0 Å². The zero-order valence-electron chi connectivity index (χ0n) is 7.44. The largest absolute Gasteiger partial charge is 0.392 e. The van der Waals surface area contributed by atoms with Gasteiger partial charge in [0.15, 0.2) is 0 Å².